The van der Waals surface area contributed by atoms with Gasteiger partial charge in [-0.05, 0) is 74.5 Å². The van der Waals surface area contributed by atoms with Gasteiger partial charge in [-0.2, -0.15) is 0 Å². The van der Waals surface area contributed by atoms with Gasteiger partial charge in [0.1, 0.15) is 5.00 Å². The van der Waals surface area contributed by atoms with E-state index in [9.17, 15) is 4.79 Å². The predicted molar refractivity (Wildman–Crippen MR) is 139 cm³/mol. The van der Waals surface area contributed by atoms with Crippen LogP contribution in [0.1, 0.15) is 54.3 Å². The first-order chi connectivity index (χ1) is 15.8. The van der Waals surface area contributed by atoms with Crippen LogP contribution < -0.4 is 10.6 Å². The Morgan fingerprint density at radius 3 is 2.70 bits per heavy atom. The number of halogens is 1. The maximum absolute atomic E-state index is 13.2. The summed E-state index contributed by atoms with van der Waals surface area (Å²) < 4.78 is 2.20. The summed E-state index contributed by atoms with van der Waals surface area (Å²) in [5.41, 5.74) is 4.41. The molecular formula is C26H33ClN4OS. The third-order valence-corrected chi connectivity index (χ3v) is 7.72. The van der Waals surface area contributed by atoms with E-state index >= 15 is 0 Å². The van der Waals surface area contributed by atoms with Gasteiger partial charge < -0.3 is 20.1 Å². The molecule has 1 atom stereocenters. The molecule has 5 nitrogen and oxygen atoms in total. The van der Waals surface area contributed by atoms with E-state index in [0.29, 0.717) is 10.9 Å². The SMILES string of the molecule is Cc1ccc(Cl)cc1NC(=O)N[C@H](CCC(C)C)c1c(-n2cccc2)sc2c1CCN(C)C2. The maximum atomic E-state index is 13.2. The zero-order valence-corrected chi connectivity index (χ0v) is 21.4. The number of aromatic nitrogens is 1. The monoisotopic (exact) mass is 484 g/mol. The Morgan fingerprint density at radius 2 is 1.97 bits per heavy atom. The fourth-order valence-corrected chi connectivity index (χ4v) is 6.02. The van der Waals surface area contributed by atoms with Crippen molar-refractivity contribution in [3.8, 4) is 5.00 Å². The number of hydrogen-bond acceptors (Lipinski definition) is 3. The second-order valence-corrected chi connectivity index (χ2v) is 10.9. The number of nitrogens with zero attached hydrogens (tertiary/aromatic N) is 2. The molecule has 1 aliphatic heterocycles. The van der Waals surface area contributed by atoms with Crippen molar-refractivity contribution in [1.29, 1.82) is 0 Å². The number of urea groups is 1. The number of likely N-dealkylation sites (N-methyl/N-ethyl adjacent to an activating group) is 1. The van der Waals surface area contributed by atoms with Crippen molar-refractivity contribution in [2.75, 3.05) is 18.9 Å². The molecule has 0 saturated carbocycles. The smallest absolute Gasteiger partial charge is 0.319 e. The Labute approximate surface area is 205 Å². The maximum Gasteiger partial charge on any atom is 0.319 e. The van der Waals surface area contributed by atoms with Gasteiger partial charge in [-0.1, -0.05) is 31.5 Å². The number of benzene rings is 1. The van der Waals surface area contributed by atoms with E-state index in [1.807, 2.05) is 30.4 Å². The second kappa shape index (κ2) is 10.3. The summed E-state index contributed by atoms with van der Waals surface area (Å²) in [6.45, 7) is 8.43. The minimum atomic E-state index is -0.194. The molecule has 2 N–H and O–H groups in total. The van der Waals surface area contributed by atoms with Crippen LogP contribution in [0.25, 0.3) is 5.00 Å². The van der Waals surface area contributed by atoms with Crippen molar-refractivity contribution in [2.24, 2.45) is 5.92 Å². The molecular weight excluding hydrogens is 452 g/mol. The third-order valence-electron chi connectivity index (χ3n) is 6.24. The normalized spacial score (nSPS) is 14.8. The molecule has 7 heteroatoms. The highest BCUT2D eigenvalue weighted by Gasteiger charge is 2.29. The number of carbonyl (C=O) groups is 1. The Morgan fingerprint density at radius 1 is 1.21 bits per heavy atom. The lowest BCUT2D eigenvalue weighted by molar-refractivity contribution is 0.247. The van der Waals surface area contributed by atoms with Crippen molar-refractivity contribution in [1.82, 2.24) is 14.8 Å². The molecule has 0 radical (unpaired) electrons. The van der Waals surface area contributed by atoms with E-state index in [0.717, 1.165) is 43.6 Å². The van der Waals surface area contributed by atoms with E-state index < -0.39 is 0 Å². The zero-order valence-electron chi connectivity index (χ0n) is 19.8. The van der Waals surface area contributed by atoms with Crippen molar-refractivity contribution >= 4 is 34.7 Å². The molecule has 2 amide bonds. The van der Waals surface area contributed by atoms with E-state index in [1.54, 1.807) is 6.07 Å². The molecule has 0 spiro atoms. The number of carbonyl (C=O) groups excluding carboxylic acids is 1. The number of aryl methyl sites for hydroxylation is 1. The van der Waals surface area contributed by atoms with Gasteiger partial charge in [0.2, 0.25) is 0 Å². The molecule has 3 heterocycles. The van der Waals surface area contributed by atoms with Crippen LogP contribution in [0.2, 0.25) is 5.02 Å². The number of hydrogen-bond donors (Lipinski definition) is 2. The molecule has 0 aliphatic carbocycles. The lowest BCUT2D eigenvalue weighted by Crippen LogP contribution is -2.34. The van der Waals surface area contributed by atoms with Crippen LogP contribution in [0.3, 0.4) is 0 Å². The summed E-state index contributed by atoms with van der Waals surface area (Å²) in [4.78, 5) is 16.9. The van der Waals surface area contributed by atoms with E-state index in [-0.39, 0.29) is 12.1 Å². The molecule has 4 rings (SSSR count). The zero-order chi connectivity index (χ0) is 23.5. The number of nitrogens with one attached hydrogen (secondary N) is 2. The second-order valence-electron chi connectivity index (χ2n) is 9.38. The number of rotatable bonds is 7. The average Bonchev–Trinajstić information content (AvgIpc) is 3.41. The Kier molecular flexibility index (Phi) is 7.47. The summed E-state index contributed by atoms with van der Waals surface area (Å²) in [6, 6.07) is 9.41. The minimum absolute atomic E-state index is 0.0623. The highest BCUT2D eigenvalue weighted by Crippen LogP contribution is 2.40. The van der Waals surface area contributed by atoms with Crippen molar-refractivity contribution < 1.29 is 4.79 Å². The molecule has 176 valence electrons. The van der Waals surface area contributed by atoms with E-state index in [2.05, 4.69) is 65.5 Å². The minimum Gasteiger partial charge on any atom is -0.331 e. The molecule has 33 heavy (non-hydrogen) atoms. The number of amides is 2. The first-order valence-electron chi connectivity index (χ1n) is 11.6. The standard InChI is InChI=1S/C26H33ClN4OS/c1-17(2)7-10-21(28-26(32)29-22-15-19(27)9-8-18(22)3)24-20-11-14-30(4)16-23(20)33-25(24)31-12-5-6-13-31/h5-6,8-9,12-13,15,17,21H,7,10-11,14,16H2,1-4H3,(H2,28,29,32)/t21-/m1/s1. The van der Waals surface area contributed by atoms with Gasteiger partial charge in [-0.15, -0.1) is 11.3 Å². The molecule has 0 saturated heterocycles. The number of thiophene rings is 1. The topological polar surface area (TPSA) is 49.3 Å². The van der Waals surface area contributed by atoms with Crippen LogP contribution in [0, 0.1) is 12.8 Å². The summed E-state index contributed by atoms with van der Waals surface area (Å²) in [5.74, 6) is 0.558. The van der Waals surface area contributed by atoms with Gasteiger partial charge in [-0.3, -0.25) is 0 Å². The largest absolute Gasteiger partial charge is 0.331 e. The van der Waals surface area contributed by atoms with Crippen molar-refractivity contribution in [3.05, 3.63) is 69.3 Å². The first kappa shape index (κ1) is 23.9. The molecule has 2 aromatic heterocycles. The molecule has 1 aliphatic rings. The molecule has 0 unspecified atom stereocenters. The lowest BCUT2D eigenvalue weighted by Gasteiger charge is -2.26. The van der Waals surface area contributed by atoms with Crippen LogP contribution in [-0.2, 0) is 13.0 Å². The summed E-state index contributed by atoms with van der Waals surface area (Å²) in [6.07, 6.45) is 7.14. The van der Waals surface area contributed by atoms with Crippen LogP contribution in [0.5, 0.6) is 0 Å². The molecule has 3 aromatic rings. The van der Waals surface area contributed by atoms with E-state index in [1.165, 1.54) is 21.0 Å². The summed E-state index contributed by atoms with van der Waals surface area (Å²) >= 11 is 8.02. The highest BCUT2D eigenvalue weighted by atomic mass is 35.5. The molecule has 0 fully saturated rings. The number of fused-ring (bicyclic) bond motifs is 1. The molecule has 1 aromatic carbocycles. The molecule has 0 bridgehead atoms. The summed E-state index contributed by atoms with van der Waals surface area (Å²) in [5, 5.41) is 8.17. The first-order valence-corrected chi connectivity index (χ1v) is 12.8. The van der Waals surface area contributed by atoms with Gasteiger partial charge in [0.25, 0.3) is 0 Å². The van der Waals surface area contributed by atoms with Crippen molar-refractivity contribution in [3.63, 3.8) is 0 Å². The average molecular weight is 485 g/mol. The number of anilines is 1. The third kappa shape index (κ3) is 5.62. The van der Waals surface area contributed by atoms with Gasteiger partial charge in [-0.25, -0.2) is 4.79 Å². The van der Waals surface area contributed by atoms with Gasteiger partial charge in [0.15, 0.2) is 0 Å². The highest BCUT2D eigenvalue weighted by molar-refractivity contribution is 7.15. The van der Waals surface area contributed by atoms with Crippen LogP contribution >= 0.6 is 22.9 Å². The van der Waals surface area contributed by atoms with Gasteiger partial charge >= 0.3 is 6.03 Å². The Hall–Kier alpha value is -2.28. The van der Waals surface area contributed by atoms with Crippen LogP contribution in [-0.4, -0.2) is 29.1 Å². The van der Waals surface area contributed by atoms with Crippen LogP contribution in [0.4, 0.5) is 10.5 Å². The van der Waals surface area contributed by atoms with Crippen LogP contribution in [0.15, 0.2) is 42.7 Å². The Balaban J connectivity index is 1.68. The quantitative estimate of drug-likeness (QED) is 0.388. The van der Waals surface area contributed by atoms with Gasteiger partial charge in [0.05, 0.1) is 6.04 Å². The fourth-order valence-electron chi connectivity index (χ4n) is 4.40. The Bertz CT molecular complexity index is 1110. The summed E-state index contributed by atoms with van der Waals surface area (Å²) in [7, 11) is 2.17. The van der Waals surface area contributed by atoms with Gasteiger partial charge in [0, 0.05) is 46.6 Å². The van der Waals surface area contributed by atoms with Crippen molar-refractivity contribution in [2.45, 2.75) is 52.6 Å². The predicted octanol–water partition coefficient (Wildman–Crippen LogP) is 6.79. The fraction of sp³-hybridized carbons (Fsp3) is 0.423. The lowest BCUT2D eigenvalue weighted by atomic mass is 9.92. The van der Waals surface area contributed by atoms with E-state index in [4.69, 9.17) is 11.6 Å².